The molecule has 0 aromatic heterocycles. The van der Waals surface area contributed by atoms with Gasteiger partial charge in [-0.05, 0) is 37.6 Å². The van der Waals surface area contributed by atoms with Crippen LogP contribution in [0.3, 0.4) is 0 Å². The van der Waals surface area contributed by atoms with Crippen LogP contribution >= 0.6 is 0 Å². The van der Waals surface area contributed by atoms with Crippen LogP contribution in [0.4, 0.5) is 0 Å². The van der Waals surface area contributed by atoms with Gasteiger partial charge in [0.25, 0.3) is 0 Å². The van der Waals surface area contributed by atoms with Crippen LogP contribution in [0.5, 0.6) is 5.75 Å². The number of aliphatic hydroxyl groups is 1. The number of fused-ring (bicyclic) bond motifs is 2. The molecule has 0 saturated heterocycles. The van der Waals surface area contributed by atoms with E-state index in [1.807, 2.05) is 6.08 Å². The van der Waals surface area contributed by atoms with Crippen molar-refractivity contribution in [2.75, 3.05) is 39.3 Å². The van der Waals surface area contributed by atoms with Crippen LogP contribution in [-0.4, -0.2) is 49.5 Å². The van der Waals surface area contributed by atoms with Gasteiger partial charge in [-0.1, -0.05) is 69.7 Å². The summed E-state index contributed by atoms with van der Waals surface area (Å²) < 4.78 is 0. The fourth-order valence-corrected chi connectivity index (χ4v) is 4.33. The number of rotatable bonds is 1. The first-order valence-corrected chi connectivity index (χ1v) is 12.8. The van der Waals surface area contributed by atoms with E-state index in [0.29, 0.717) is 25.4 Å². The smallest absolute Gasteiger partial charge is 0.124 e. The summed E-state index contributed by atoms with van der Waals surface area (Å²) in [6, 6.07) is 4.13. The molecule has 1 aromatic carbocycles. The van der Waals surface area contributed by atoms with Gasteiger partial charge in [0.1, 0.15) is 11.5 Å². The first-order valence-electron chi connectivity index (χ1n) is 12.8. The quantitative estimate of drug-likeness (QED) is 0.140. The van der Waals surface area contributed by atoms with Crippen molar-refractivity contribution >= 4 is 0 Å². The van der Waals surface area contributed by atoms with Gasteiger partial charge >= 0.3 is 0 Å². The van der Waals surface area contributed by atoms with Crippen molar-refractivity contribution in [1.82, 2.24) is 21.3 Å². The second-order valence-corrected chi connectivity index (χ2v) is 11.6. The first kappa shape index (κ1) is 42.6. The van der Waals surface area contributed by atoms with Crippen molar-refractivity contribution in [1.29, 1.82) is 0 Å². The molecule has 1 aromatic rings. The molecule has 0 radical (unpaired) electrons. The Hall–Kier alpha value is -0.873. The van der Waals surface area contributed by atoms with Gasteiger partial charge in [-0.15, -0.1) is 0 Å². The third-order valence-electron chi connectivity index (χ3n) is 6.33. The summed E-state index contributed by atoms with van der Waals surface area (Å²) in [7, 11) is 0. The van der Waals surface area contributed by atoms with E-state index < -0.39 is 0 Å². The van der Waals surface area contributed by atoms with Gasteiger partial charge in [0, 0.05) is 101 Å². The second kappa shape index (κ2) is 20.1. The SMILES string of the molecule is C=C(O)/C1=C\C(C)=C/CCNCC(C)(C)CNCc2cc(C)cc(c2O)CNCC(C)(C)CNC1.[CH3-].[CH3-].[Zn].[Zn]. The molecule has 2 bridgehead atoms. The zero-order valence-electron chi connectivity index (χ0n) is 26.2. The Kier molecular flexibility index (Phi) is 21.9. The zero-order chi connectivity index (χ0) is 26.1. The van der Waals surface area contributed by atoms with Crippen LogP contribution in [0.2, 0.25) is 0 Å². The number of phenols is 1. The number of aliphatic hydroxyl groups excluding tert-OH is 1. The Morgan fingerprint density at radius 1 is 0.795 bits per heavy atom. The van der Waals surface area contributed by atoms with Gasteiger partial charge in [0.05, 0.1) is 0 Å². The molecule has 1 aliphatic heterocycles. The van der Waals surface area contributed by atoms with Crippen LogP contribution < -0.4 is 21.3 Å². The van der Waals surface area contributed by atoms with Gasteiger partial charge in [-0.3, -0.25) is 0 Å². The molecular weight excluding hydrogens is 591 g/mol. The van der Waals surface area contributed by atoms with E-state index in [-0.39, 0.29) is 70.4 Å². The molecule has 1 aliphatic rings. The summed E-state index contributed by atoms with van der Waals surface area (Å²) in [5, 5.41) is 35.1. The molecular formula is C31H54N4O2Zn2-2. The second-order valence-electron chi connectivity index (χ2n) is 11.6. The molecule has 6 N–H and O–H groups in total. The molecule has 0 amide bonds. The third-order valence-corrected chi connectivity index (χ3v) is 6.33. The zero-order valence-corrected chi connectivity index (χ0v) is 32.1. The summed E-state index contributed by atoms with van der Waals surface area (Å²) in [4.78, 5) is 0. The first-order chi connectivity index (χ1) is 16.4. The Labute approximate surface area is 265 Å². The summed E-state index contributed by atoms with van der Waals surface area (Å²) in [6.07, 6.45) is 5.13. The topological polar surface area (TPSA) is 88.6 Å². The van der Waals surface area contributed by atoms with Gasteiger partial charge in [-0.25, -0.2) is 0 Å². The summed E-state index contributed by atoms with van der Waals surface area (Å²) >= 11 is 0. The van der Waals surface area contributed by atoms with Gasteiger partial charge in [0.2, 0.25) is 0 Å². The molecule has 0 unspecified atom stereocenters. The Morgan fingerprint density at radius 3 is 1.69 bits per heavy atom. The third kappa shape index (κ3) is 16.2. The number of nitrogens with one attached hydrogen (secondary N) is 4. The molecule has 0 saturated carbocycles. The van der Waals surface area contributed by atoms with E-state index in [1.165, 1.54) is 0 Å². The number of hydrogen-bond donors (Lipinski definition) is 6. The van der Waals surface area contributed by atoms with E-state index in [1.54, 1.807) is 0 Å². The molecule has 6 nitrogen and oxygen atoms in total. The predicted molar refractivity (Wildman–Crippen MR) is 161 cm³/mol. The average Bonchev–Trinajstić information content (AvgIpc) is 2.74. The van der Waals surface area contributed by atoms with E-state index in [0.717, 1.165) is 67.0 Å². The summed E-state index contributed by atoms with van der Waals surface area (Å²) in [6.45, 7) is 22.8. The number of allylic oxidation sites excluding steroid dienone is 2. The molecule has 1 heterocycles. The predicted octanol–water partition coefficient (Wildman–Crippen LogP) is 5.36. The van der Waals surface area contributed by atoms with E-state index in [9.17, 15) is 10.2 Å². The van der Waals surface area contributed by atoms with Gasteiger partial charge in [0.15, 0.2) is 0 Å². The summed E-state index contributed by atoms with van der Waals surface area (Å²) in [5.74, 6) is 0.483. The minimum atomic E-state index is -0.00906. The van der Waals surface area contributed by atoms with Crippen molar-refractivity contribution in [3.8, 4) is 5.75 Å². The standard InChI is InChI=1S/C29H48N4O2.2CH3.2Zn/c1-21-9-8-10-30-17-28(4,5)18-32-15-25-12-22(2)13-26(27(25)35)16-33-20-29(6,7)19-31-14-24(11-21)23(3)34;;;;/h9,11-13,30-35H,3,8,10,14-20H2,1-2,4-7H3;2*1H3;;/q;2*-1;;/b21-9-,24-11-;;;;. The molecule has 0 atom stereocenters. The molecule has 8 heteroatoms. The van der Waals surface area contributed by atoms with Crippen molar-refractivity contribution < 1.29 is 49.2 Å². The maximum atomic E-state index is 10.9. The van der Waals surface area contributed by atoms with Crippen LogP contribution in [-0.2, 0) is 52.0 Å². The average molecular weight is 646 g/mol. The fourth-order valence-electron chi connectivity index (χ4n) is 4.33. The Morgan fingerprint density at radius 2 is 1.23 bits per heavy atom. The molecule has 0 fully saturated rings. The largest absolute Gasteiger partial charge is 0.508 e. The molecule has 0 aliphatic carbocycles. The monoisotopic (exact) mass is 642 g/mol. The van der Waals surface area contributed by atoms with Crippen LogP contribution in [0.25, 0.3) is 0 Å². The normalized spacial score (nSPS) is 21.6. The maximum Gasteiger partial charge on any atom is 0.124 e. The van der Waals surface area contributed by atoms with E-state index in [2.05, 4.69) is 87.6 Å². The Bertz CT molecular complexity index is 927. The number of benzene rings is 1. The maximum absolute atomic E-state index is 10.9. The minimum Gasteiger partial charge on any atom is -0.508 e. The van der Waals surface area contributed by atoms with Crippen molar-refractivity contribution in [3.63, 3.8) is 0 Å². The summed E-state index contributed by atoms with van der Waals surface area (Å²) in [5.41, 5.74) is 5.03. The number of aryl methyl sites for hydroxylation is 1. The number of phenolic OH excluding ortho intramolecular Hbond substituents is 1. The van der Waals surface area contributed by atoms with Crippen LogP contribution in [0.1, 0.15) is 57.7 Å². The molecule has 0 spiro atoms. The molecule has 2 rings (SSSR count). The van der Waals surface area contributed by atoms with Gasteiger partial charge < -0.3 is 46.3 Å². The van der Waals surface area contributed by atoms with Crippen molar-refractivity contribution in [3.05, 3.63) is 79.3 Å². The number of hydrogen-bond acceptors (Lipinski definition) is 6. The van der Waals surface area contributed by atoms with Crippen LogP contribution in [0, 0.1) is 32.6 Å². The molecule has 216 valence electrons. The van der Waals surface area contributed by atoms with Crippen LogP contribution in [0.15, 0.2) is 47.8 Å². The number of aromatic hydroxyl groups is 1. The van der Waals surface area contributed by atoms with E-state index >= 15 is 0 Å². The van der Waals surface area contributed by atoms with E-state index in [4.69, 9.17) is 0 Å². The van der Waals surface area contributed by atoms with Crippen molar-refractivity contribution in [2.24, 2.45) is 10.8 Å². The fraction of sp³-hybridized carbons (Fsp3) is 0.548. The Balaban J connectivity index is -0.00000324. The minimum absolute atomic E-state index is 0. The van der Waals surface area contributed by atoms with Crippen molar-refractivity contribution in [2.45, 2.75) is 61.1 Å². The van der Waals surface area contributed by atoms with Gasteiger partial charge in [-0.2, -0.15) is 0 Å². The molecule has 39 heavy (non-hydrogen) atoms.